The minimum atomic E-state index is -0.324. The molecular weight excluding hydrogens is 178 g/mol. The van der Waals surface area contributed by atoms with Gasteiger partial charge in [0.1, 0.15) is 0 Å². The number of rotatable bonds is 2. The molecule has 71 valence electrons. The Morgan fingerprint density at radius 3 is 3.00 bits per heavy atom. The van der Waals surface area contributed by atoms with Gasteiger partial charge in [0.25, 0.3) is 0 Å². The van der Waals surface area contributed by atoms with Crippen LogP contribution in [0.4, 0.5) is 0 Å². The Balaban J connectivity index is 2.38. The summed E-state index contributed by atoms with van der Waals surface area (Å²) in [6.45, 7) is 3.46. The SMILES string of the molecule is [CH2]CC(=O)Oc1c[nH]c2ccccc12. The van der Waals surface area contributed by atoms with Crippen LogP contribution in [-0.2, 0) is 4.79 Å². The number of para-hydroxylation sites is 1. The first kappa shape index (κ1) is 8.81. The van der Waals surface area contributed by atoms with E-state index in [-0.39, 0.29) is 12.4 Å². The Bertz CT molecular complexity index is 459. The number of H-pyrrole nitrogens is 1. The van der Waals surface area contributed by atoms with Gasteiger partial charge in [-0.05, 0) is 19.1 Å². The van der Waals surface area contributed by atoms with Gasteiger partial charge in [-0.3, -0.25) is 4.79 Å². The van der Waals surface area contributed by atoms with E-state index >= 15 is 0 Å². The van der Waals surface area contributed by atoms with E-state index in [9.17, 15) is 4.79 Å². The van der Waals surface area contributed by atoms with Crippen molar-refractivity contribution < 1.29 is 9.53 Å². The molecule has 14 heavy (non-hydrogen) atoms. The molecule has 2 aromatic rings. The predicted molar refractivity (Wildman–Crippen MR) is 53.9 cm³/mol. The first-order valence-electron chi connectivity index (χ1n) is 4.37. The van der Waals surface area contributed by atoms with Crippen molar-refractivity contribution in [2.45, 2.75) is 6.42 Å². The van der Waals surface area contributed by atoms with Crippen LogP contribution in [0.1, 0.15) is 6.42 Å². The molecule has 1 heterocycles. The van der Waals surface area contributed by atoms with Gasteiger partial charge in [0, 0.05) is 23.5 Å². The highest BCUT2D eigenvalue weighted by molar-refractivity contribution is 5.88. The standard InChI is InChI=1S/C11H10NO2/c1-2-11(13)14-10-7-12-9-6-4-3-5-8(9)10/h3-7,12H,1-2H2. The molecule has 0 saturated carbocycles. The summed E-state index contributed by atoms with van der Waals surface area (Å²) in [4.78, 5) is 14.0. The van der Waals surface area contributed by atoms with Gasteiger partial charge in [0.05, 0.1) is 0 Å². The van der Waals surface area contributed by atoms with Gasteiger partial charge in [-0.2, -0.15) is 0 Å². The van der Waals surface area contributed by atoms with E-state index in [1.807, 2.05) is 24.3 Å². The number of hydrogen-bond donors (Lipinski definition) is 1. The van der Waals surface area contributed by atoms with E-state index in [4.69, 9.17) is 4.74 Å². The maximum absolute atomic E-state index is 11.0. The molecule has 2 rings (SSSR count). The van der Waals surface area contributed by atoms with Gasteiger partial charge in [0.15, 0.2) is 5.75 Å². The molecule has 3 heteroatoms. The second-order valence-corrected chi connectivity index (χ2v) is 2.92. The van der Waals surface area contributed by atoms with Crippen molar-refractivity contribution in [3.8, 4) is 5.75 Å². The number of nitrogens with one attached hydrogen (secondary N) is 1. The first-order chi connectivity index (χ1) is 6.81. The highest BCUT2D eigenvalue weighted by Gasteiger charge is 2.06. The van der Waals surface area contributed by atoms with Crippen molar-refractivity contribution in [2.24, 2.45) is 0 Å². The van der Waals surface area contributed by atoms with E-state index in [0.29, 0.717) is 5.75 Å². The zero-order chi connectivity index (χ0) is 9.97. The third-order valence-electron chi connectivity index (χ3n) is 1.98. The summed E-state index contributed by atoms with van der Waals surface area (Å²) in [5.74, 6) is 0.240. The molecule has 0 fully saturated rings. The first-order valence-corrected chi connectivity index (χ1v) is 4.37. The Hall–Kier alpha value is -1.77. The third kappa shape index (κ3) is 1.48. The molecular formula is C11H10NO2. The van der Waals surface area contributed by atoms with Crippen LogP contribution >= 0.6 is 0 Å². The molecule has 0 amide bonds. The van der Waals surface area contributed by atoms with E-state index in [2.05, 4.69) is 11.9 Å². The molecule has 0 atom stereocenters. The minimum Gasteiger partial charge on any atom is -0.424 e. The van der Waals surface area contributed by atoms with Gasteiger partial charge in [-0.15, -0.1) is 0 Å². The van der Waals surface area contributed by atoms with Crippen LogP contribution in [-0.4, -0.2) is 11.0 Å². The quantitative estimate of drug-likeness (QED) is 0.735. The number of carbonyl (C=O) groups excluding carboxylic acids is 1. The maximum Gasteiger partial charge on any atom is 0.311 e. The Morgan fingerprint density at radius 1 is 1.43 bits per heavy atom. The van der Waals surface area contributed by atoms with E-state index in [1.54, 1.807) is 6.20 Å². The molecule has 1 aromatic carbocycles. The lowest BCUT2D eigenvalue weighted by atomic mass is 10.2. The lowest BCUT2D eigenvalue weighted by molar-refractivity contribution is -0.133. The Morgan fingerprint density at radius 2 is 2.21 bits per heavy atom. The molecule has 1 aromatic heterocycles. The maximum atomic E-state index is 11.0. The van der Waals surface area contributed by atoms with Crippen LogP contribution in [0.15, 0.2) is 30.5 Å². The molecule has 0 spiro atoms. The topological polar surface area (TPSA) is 42.1 Å². The fraction of sp³-hybridized carbons (Fsp3) is 0.0909. The summed E-state index contributed by atoms with van der Waals surface area (Å²) in [5.41, 5.74) is 0.958. The third-order valence-corrected chi connectivity index (χ3v) is 1.98. The number of aromatic nitrogens is 1. The monoisotopic (exact) mass is 188 g/mol. The molecule has 1 radical (unpaired) electrons. The highest BCUT2D eigenvalue weighted by Crippen LogP contribution is 2.24. The van der Waals surface area contributed by atoms with Crippen molar-refractivity contribution in [3.63, 3.8) is 0 Å². The average Bonchev–Trinajstić information content (AvgIpc) is 2.62. The normalized spacial score (nSPS) is 10.4. The van der Waals surface area contributed by atoms with Crippen molar-refractivity contribution in [2.75, 3.05) is 0 Å². The van der Waals surface area contributed by atoms with Crippen molar-refractivity contribution in [1.29, 1.82) is 0 Å². The number of ether oxygens (including phenoxy) is 1. The van der Waals surface area contributed by atoms with Gasteiger partial charge < -0.3 is 9.72 Å². The lowest BCUT2D eigenvalue weighted by Gasteiger charge is -1.99. The number of benzene rings is 1. The van der Waals surface area contributed by atoms with Crippen LogP contribution in [0.3, 0.4) is 0 Å². The van der Waals surface area contributed by atoms with Gasteiger partial charge in [-0.1, -0.05) is 12.1 Å². The molecule has 0 aliphatic carbocycles. The van der Waals surface area contributed by atoms with Crippen molar-refractivity contribution >= 4 is 16.9 Å². The van der Waals surface area contributed by atoms with Crippen molar-refractivity contribution in [3.05, 3.63) is 37.4 Å². The smallest absolute Gasteiger partial charge is 0.311 e. The highest BCUT2D eigenvalue weighted by atomic mass is 16.5. The molecule has 1 N–H and O–H groups in total. The lowest BCUT2D eigenvalue weighted by Crippen LogP contribution is -2.04. The molecule has 0 aliphatic rings. The fourth-order valence-corrected chi connectivity index (χ4v) is 1.30. The summed E-state index contributed by atoms with van der Waals surface area (Å²) >= 11 is 0. The van der Waals surface area contributed by atoms with Crippen LogP contribution in [0.25, 0.3) is 10.9 Å². The van der Waals surface area contributed by atoms with Gasteiger partial charge >= 0.3 is 5.97 Å². The van der Waals surface area contributed by atoms with E-state index in [0.717, 1.165) is 10.9 Å². The Kier molecular flexibility index (Phi) is 2.23. The summed E-state index contributed by atoms with van der Waals surface area (Å²) < 4.78 is 5.08. The van der Waals surface area contributed by atoms with Gasteiger partial charge in [0.2, 0.25) is 0 Å². The van der Waals surface area contributed by atoms with Gasteiger partial charge in [-0.25, -0.2) is 0 Å². The summed E-state index contributed by atoms with van der Waals surface area (Å²) in [6, 6.07) is 7.65. The second kappa shape index (κ2) is 3.54. The van der Waals surface area contributed by atoms with Crippen LogP contribution in [0, 0.1) is 6.92 Å². The number of hydrogen-bond acceptors (Lipinski definition) is 2. The summed E-state index contributed by atoms with van der Waals surface area (Å²) in [7, 11) is 0. The fourth-order valence-electron chi connectivity index (χ4n) is 1.30. The van der Waals surface area contributed by atoms with Crippen LogP contribution < -0.4 is 4.74 Å². The molecule has 0 bridgehead atoms. The second-order valence-electron chi connectivity index (χ2n) is 2.92. The summed E-state index contributed by atoms with van der Waals surface area (Å²) in [6.07, 6.45) is 1.82. The Labute approximate surface area is 81.7 Å². The predicted octanol–water partition coefficient (Wildman–Crippen LogP) is 2.30. The number of carbonyl (C=O) groups is 1. The zero-order valence-electron chi connectivity index (χ0n) is 7.62. The molecule has 0 aliphatic heterocycles. The van der Waals surface area contributed by atoms with Crippen molar-refractivity contribution in [1.82, 2.24) is 4.98 Å². The average molecular weight is 188 g/mol. The van der Waals surface area contributed by atoms with Crippen LogP contribution in [0.5, 0.6) is 5.75 Å². The number of aromatic amines is 1. The van der Waals surface area contributed by atoms with E-state index in [1.165, 1.54) is 0 Å². The zero-order valence-corrected chi connectivity index (χ0v) is 7.62. The largest absolute Gasteiger partial charge is 0.424 e. The number of esters is 1. The van der Waals surface area contributed by atoms with E-state index < -0.39 is 0 Å². The number of fused-ring (bicyclic) bond motifs is 1. The molecule has 3 nitrogen and oxygen atoms in total. The molecule has 0 saturated heterocycles. The van der Waals surface area contributed by atoms with Crippen LogP contribution in [0.2, 0.25) is 0 Å². The summed E-state index contributed by atoms with van der Waals surface area (Å²) in [5, 5.41) is 0.911. The molecule has 0 unspecified atom stereocenters. The minimum absolute atomic E-state index is 0.138.